The molecule has 0 bridgehead atoms. The number of nitrogens with one attached hydrogen (secondary N) is 1. The van der Waals surface area contributed by atoms with Crippen molar-refractivity contribution in [3.05, 3.63) is 59.1 Å². The van der Waals surface area contributed by atoms with Crippen LogP contribution in [0.5, 0.6) is 5.75 Å². The molecule has 2 heterocycles. The minimum atomic E-state index is -0.0928. The lowest BCUT2D eigenvalue weighted by atomic mass is 10.2. The van der Waals surface area contributed by atoms with E-state index in [0.29, 0.717) is 18.0 Å². The van der Waals surface area contributed by atoms with Gasteiger partial charge in [-0.3, -0.25) is 4.79 Å². The molecule has 0 aliphatic rings. The molecule has 2 aromatic heterocycles. The standard InChI is InChI=1S/C20H22N2O3S/c1-3-16(24-2)13-25-17-8-4-6-14(10-17)12-22-19(23)18-11-15-7-5-9-21-20(15)26-18/h4-11,16H,3,12-13H2,1-2H3,(H,22,23). The fraction of sp³-hybridized carbons (Fsp3) is 0.300. The van der Waals surface area contributed by atoms with Crippen LogP contribution >= 0.6 is 11.3 Å². The van der Waals surface area contributed by atoms with E-state index in [1.54, 1.807) is 13.3 Å². The minimum absolute atomic E-state index is 0.0833. The summed E-state index contributed by atoms with van der Waals surface area (Å²) >= 11 is 1.40. The van der Waals surface area contributed by atoms with Gasteiger partial charge >= 0.3 is 0 Å². The van der Waals surface area contributed by atoms with E-state index in [2.05, 4.69) is 17.2 Å². The molecule has 26 heavy (non-hydrogen) atoms. The average Bonchev–Trinajstić information content (AvgIpc) is 3.11. The van der Waals surface area contributed by atoms with E-state index in [1.807, 2.05) is 42.5 Å². The summed E-state index contributed by atoms with van der Waals surface area (Å²) in [5.74, 6) is 0.683. The van der Waals surface area contributed by atoms with Crippen LogP contribution in [0.2, 0.25) is 0 Å². The first kappa shape index (κ1) is 18.4. The second-order valence-corrected chi connectivity index (χ2v) is 6.95. The smallest absolute Gasteiger partial charge is 0.261 e. The SMILES string of the molecule is CCC(COc1cccc(CNC(=O)c2cc3cccnc3s2)c1)OC. The number of ether oxygens (including phenoxy) is 2. The number of hydrogen-bond acceptors (Lipinski definition) is 5. The van der Waals surface area contributed by atoms with E-state index in [4.69, 9.17) is 9.47 Å². The van der Waals surface area contributed by atoms with Gasteiger partial charge in [0, 0.05) is 25.2 Å². The van der Waals surface area contributed by atoms with Crippen LogP contribution in [0.25, 0.3) is 10.2 Å². The number of pyridine rings is 1. The van der Waals surface area contributed by atoms with Crippen LogP contribution in [0.15, 0.2) is 48.7 Å². The maximum Gasteiger partial charge on any atom is 0.261 e. The number of amides is 1. The van der Waals surface area contributed by atoms with Crippen LogP contribution < -0.4 is 10.1 Å². The predicted octanol–water partition coefficient (Wildman–Crippen LogP) is 4.03. The summed E-state index contributed by atoms with van der Waals surface area (Å²) in [6, 6.07) is 13.4. The Hall–Kier alpha value is -2.44. The molecule has 1 aromatic carbocycles. The summed E-state index contributed by atoms with van der Waals surface area (Å²) in [5.41, 5.74) is 0.987. The zero-order chi connectivity index (χ0) is 18.4. The van der Waals surface area contributed by atoms with Gasteiger partial charge in [-0.2, -0.15) is 0 Å². The number of hydrogen-bond donors (Lipinski definition) is 1. The molecular formula is C20H22N2O3S. The average molecular weight is 370 g/mol. The number of nitrogens with zero attached hydrogens (tertiary/aromatic N) is 1. The molecule has 1 unspecified atom stereocenters. The Morgan fingerprint density at radius 1 is 1.27 bits per heavy atom. The molecule has 136 valence electrons. The third-order valence-corrected chi connectivity index (χ3v) is 5.15. The van der Waals surface area contributed by atoms with Crippen LogP contribution in [0.4, 0.5) is 0 Å². The number of carbonyl (C=O) groups is 1. The number of rotatable bonds is 8. The highest BCUT2D eigenvalue weighted by molar-refractivity contribution is 7.20. The van der Waals surface area contributed by atoms with E-state index >= 15 is 0 Å². The quantitative estimate of drug-likeness (QED) is 0.650. The predicted molar refractivity (Wildman–Crippen MR) is 104 cm³/mol. The first-order valence-corrected chi connectivity index (χ1v) is 9.38. The van der Waals surface area contributed by atoms with Crippen molar-refractivity contribution in [2.75, 3.05) is 13.7 Å². The molecule has 3 aromatic rings. The van der Waals surface area contributed by atoms with Gasteiger partial charge in [0.05, 0.1) is 11.0 Å². The number of benzene rings is 1. The summed E-state index contributed by atoms with van der Waals surface area (Å²) in [6.45, 7) is 3.02. The van der Waals surface area contributed by atoms with Crippen molar-refractivity contribution in [3.63, 3.8) is 0 Å². The molecule has 5 nitrogen and oxygen atoms in total. The van der Waals surface area contributed by atoms with Gasteiger partial charge in [-0.05, 0) is 36.2 Å². The van der Waals surface area contributed by atoms with E-state index in [9.17, 15) is 4.79 Å². The third-order valence-electron chi connectivity index (χ3n) is 4.09. The summed E-state index contributed by atoms with van der Waals surface area (Å²) in [4.78, 5) is 18.2. The molecule has 0 aliphatic carbocycles. The first-order chi connectivity index (χ1) is 12.7. The molecule has 1 amide bonds. The van der Waals surface area contributed by atoms with Crippen LogP contribution in [-0.2, 0) is 11.3 Å². The summed E-state index contributed by atoms with van der Waals surface area (Å²) in [5, 5.41) is 3.94. The third kappa shape index (κ3) is 4.59. The second kappa shape index (κ2) is 8.78. The maximum absolute atomic E-state index is 12.4. The van der Waals surface area contributed by atoms with Crippen molar-refractivity contribution in [2.45, 2.75) is 26.0 Å². The van der Waals surface area contributed by atoms with Crippen LogP contribution in [0.1, 0.15) is 28.6 Å². The van der Waals surface area contributed by atoms with Gasteiger partial charge in [0.2, 0.25) is 0 Å². The van der Waals surface area contributed by atoms with Crippen molar-refractivity contribution < 1.29 is 14.3 Å². The molecule has 0 radical (unpaired) electrons. The normalized spacial score (nSPS) is 12.1. The van der Waals surface area contributed by atoms with E-state index < -0.39 is 0 Å². The molecule has 0 saturated heterocycles. The fourth-order valence-corrected chi connectivity index (χ4v) is 3.46. The summed E-state index contributed by atoms with van der Waals surface area (Å²) < 4.78 is 11.1. The number of aromatic nitrogens is 1. The van der Waals surface area contributed by atoms with Crippen LogP contribution in [0, 0.1) is 0 Å². The lowest BCUT2D eigenvalue weighted by molar-refractivity contribution is 0.0555. The molecule has 0 fully saturated rings. The molecule has 1 atom stereocenters. The number of fused-ring (bicyclic) bond motifs is 1. The van der Waals surface area contributed by atoms with Gasteiger partial charge in [-0.1, -0.05) is 25.1 Å². The molecule has 0 spiro atoms. The van der Waals surface area contributed by atoms with Crippen LogP contribution in [-0.4, -0.2) is 30.7 Å². The number of carbonyl (C=O) groups excluding carboxylic acids is 1. The molecular weight excluding hydrogens is 348 g/mol. The van der Waals surface area contributed by atoms with Gasteiger partial charge in [0.15, 0.2) is 0 Å². The first-order valence-electron chi connectivity index (χ1n) is 8.57. The topological polar surface area (TPSA) is 60.5 Å². The van der Waals surface area contributed by atoms with Crippen LogP contribution in [0.3, 0.4) is 0 Å². The Labute approximate surface area is 157 Å². The van der Waals surface area contributed by atoms with E-state index in [-0.39, 0.29) is 12.0 Å². The van der Waals surface area contributed by atoms with Gasteiger partial charge in [-0.15, -0.1) is 11.3 Å². The lowest BCUT2D eigenvalue weighted by Gasteiger charge is -2.14. The number of thiophene rings is 1. The summed E-state index contributed by atoms with van der Waals surface area (Å²) in [7, 11) is 1.69. The van der Waals surface area contributed by atoms with E-state index in [1.165, 1.54) is 11.3 Å². The van der Waals surface area contributed by atoms with Crippen molar-refractivity contribution in [3.8, 4) is 5.75 Å². The Morgan fingerprint density at radius 2 is 2.15 bits per heavy atom. The van der Waals surface area contributed by atoms with E-state index in [0.717, 1.165) is 28.0 Å². The van der Waals surface area contributed by atoms with Gasteiger partial charge in [0.1, 0.15) is 17.2 Å². The van der Waals surface area contributed by atoms with Gasteiger partial charge in [-0.25, -0.2) is 4.98 Å². The summed E-state index contributed by atoms with van der Waals surface area (Å²) in [6.07, 6.45) is 2.72. The molecule has 3 rings (SSSR count). The number of methoxy groups -OCH3 is 1. The van der Waals surface area contributed by atoms with Crippen molar-refractivity contribution >= 4 is 27.5 Å². The molecule has 6 heteroatoms. The fourth-order valence-electron chi connectivity index (χ4n) is 2.54. The Bertz CT molecular complexity index is 841. The molecule has 1 N–H and O–H groups in total. The van der Waals surface area contributed by atoms with Crippen molar-refractivity contribution in [1.82, 2.24) is 10.3 Å². The maximum atomic E-state index is 12.4. The Morgan fingerprint density at radius 3 is 2.92 bits per heavy atom. The largest absolute Gasteiger partial charge is 0.491 e. The van der Waals surface area contributed by atoms with Crippen molar-refractivity contribution in [2.24, 2.45) is 0 Å². The van der Waals surface area contributed by atoms with Gasteiger partial charge < -0.3 is 14.8 Å². The highest BCUT2D eigenvalue weighted by Gasteiger charge is 2.11. The zero-order valence-electron chi connectivity index (χ0n) is 14.9. The highest BCUT2D eigenvalue weighted by Crippen LogP contribution is 2.23. The Balaban J connectivity index is 1.58. The van der Waals surface area contributed by atoms with Crippen molar-refractivity contribution in [1.29, 1.82) is 0 Å². The van der Waals surface area contributed by atoms with Gasteiger partial charge in [0.25, 0.3) is 5.91 Å². The lowest BCUT2D eigenvalue weighted by Crippen LogP contribution is -2.22. The minimum Gasteiger partial charge on any atom is -0.491 e. The molecule has 0 aliphatic heterocycles. The highest BCUT2D eigenvalue weighted by atomic mass is 32.1. The Kier molecular flexibility index (Phi) is 6.20. The zero-order valence-corrected chi connectivity index (χ0v) is 15.7. The monoisotopic (exact) mass is 370 g/mol. The second-order valence-electron chi connectivity index (χ2n) is 5.92. The molecule has 0 saturated carbocycles.